The molecule has 0 amide bonds. The van der Waals surface area contributed by atoms with Crippen LogP contribution in [0.25, 0.3) is 0 Å². The fraction of sp³-hybridized carbons (Fsp3) is 0.524. The number of ether oxygens (including phenoxy) is 1. The number of alkyl halides is 3. The van der Waals surface area contributed by atoms with Crippen LogP contribution >= 0.6 is 11.3 Å². The molecule has 2 aliphatic heterocycles. The second-order valence-electron chi connectivity index (χ2n) is 8.06. The molecule has 4 nitrogen and oxygen atoms in total. The van der Waals surface area contributed by atoms with E-state index in [9.17, 15) is 22.4 Å². The van der Waals surface area contributed by atoms with Crippen molar-refractivity contribution in [1.82, 2.24) is 9.88 Å². The lowest BCUT2D eigenvalue weighted by molar-refractivity contribution is -0.143. The molecule has 0 bridgehead atoms. The van der Waals surface area contributed by atoms with E-state index in [0.29, 0.717) is 36.4 Å². The fourth-order valence-electron chi connectivity index (χ4n) is 4.55. The number of pyridine rings is 1. The number of rotatable bonds is 3. The van der Waals surface area contributed by atoms with Gasteiger partial charge < -0.3 is 4.74 Å². The van der Waals surface area contributed by atoms with Crippen LogP contribution in [0.3, 0.4) is 0 Å². The number of fused-ring (bicyclic) bond motifs is 2. The number of carbonyl (C=O) groups excluding carboxylic acids is 1. The van der Waals surface area contributed by atoms with E-state index >= 15 is 0 Å². The molecule has 2 unspecified atom stereocenters. The summed E-state index contributed by atoms with van der Waals surface area (Å²) >= 11 is 1.48. The third kappa shape index (κ3) is 3.78. The number of hydrogen-bond donors (Lipinski definition) is 0. The average Bonchev–Trinajstić information content (AvgIpc) is 3.11. The second-order valence-corrected chi connectivity index (χ2v) is 9.14. The summed E-state index contributed by atoms with van der Waals surface area (Å²) in [6.45, 7) is 5.15. The molecular formula is C21H22F4N2O2S. The van der Waals surface area contributed by atoms with Crippen molar-refractivity contribution in [2.45, 2.75) is 57.0 Å². The standard InChI is InChI=1S/C21H22F4N2O2S/c1-12-7-14-8-16(11-28)30-19(14)20(29-12)3-5-27(6-4-20)13(2)15-9-17(22)18(26-10-15)21(23,24)25/h8-13H,3-7H2,1-2H3. The fourth-order valence-corrected chi connectivity index (χ4v) is 5.75. The maximum Gasteiger partial charge on any atom is 0.436 e. The zero-order chi connectivity index (χ0) is 21.7. The van der Waals surface area contributed by atoms with Crippen molar-refractivity contribution in [2.75, 3.05) is 13.1 Å². The van der Waals surface area contributed by atoms with Crippen molar-refractivity contribution in [2.24, 2.45) is 0 Å². The minimum atomic E-state index is -4.81. The monoisotopic (exact) mass is 442 g/mol. The minimum Gasteiger partial charge on any atom is -0.366 e. The summed E-state index contributed by atoms with van der Waals surface area (Å²) in [6, 6.07) is 2.60. The van der Waals surface area contributed by atoms with Gasteiger partial charge in [-0.25, -0.2) is 9.37 Å². The van der Waals surface area contributed by atoms with Crippen molar-refractivity contribution in [1.29, 1.82) is 0 Å². The minimum absolute atomic E-state index is 0.0452. The van der Waals surface area contributed by atoms with Crippen LogP contribution in [-0.2, 0) is 22.9 Å². The van der Waals surface area contributed by atoms with Crippen LogP contribution in [0, 0.1) is 5.82 Å². The molecule has 0 saturated carbocycles. The van der Waals surface area contributed by atoms with Crippen molar-refractivity contribution < 1.29 is 27.1 Å². The predicted molar refractivity (Wildman–Crippen MR) is 104 cm³/mol. The normalized spacial score (nSPS) is 22.7. The molecular weight excluding hydrogens is 420 g/mol. The Kier molecular flexibility index (Phi) is 5.48. The number of hydrogen-bond acceptors (Lipinski definition) is 5. The molecule has 0 aliphatic carbocycles. The third-order valence-electron chi connectivity index (χ3n) is 6.06. The Bertz CT molecular complexity index is 951. The van der Waals surface area contributed by atoms with Crippen molar-refractivity contribution in [3.8, 4) is 0 Å². The van der Waals surface area contributed by atoms with Crippen molar-refractivity contribution in [3.05, 3.63) is 50.7 Å². The summed E-state index contributed by atoms with van der Waals surface area (Å²) in [5.41, 5.74) is -0.360. The Morgan fingerprint density at radius 2 is 2.03 bits per heavy atom. The Morgan fingerprint density at radius 1 is 1.33 bits per heavy atom. The topological polar surface area (TPSA) is 42.4 Å². The molecule has 4 rings (SSSR count). The van der Waals surface area contributed by atoms with Crippen LogP contribution in [0.2, 0.25) is 0 Å². The largest absolute Gasteiger partial charge is 0.436 e. The number of thiophene rings is 1. The van der Waals surface area contributed by atoms with Crippen molar-refractivity contribution in [3.63, 3.8) is 0 Å². The highest BCUT2D eigenvalue weighted by Crippen LogP contribution is 2.47. The van der Waals surface area contributed by atoms with Gasteiger partial charge in [0, 0.05) is 30.2 Å². The Morgan fingerprint density at radius 3 is 2.63 bits per heavy atom. The molecule has 2 aromatic heterocycles. The maximum absolute atomic E-state index is 14.0. The summed E-state index contributed by atoms with van der Waals surface area (Å²) in [7, 11) is 0. The SMILES string of the molecule is CC1Cc2cc(C=O)sc2C2(CCN(C(C)c3cnc(C(F)(F)F)c(F)c3)CC2)O1. The van der Waals surface area contributed by atoms with E-state index in [1.165, 1.54) is 11.3 Å². The van der Waals surface area contributed by atoms with Gasteiger partial charge in [-0.15, -0.1) is 11.3 Å². The highest BCUT2D eigenvalue weighted by atomic mass is 32.1. The first-order valence-electron chi connectivity index (χ1n) is 9.86. The van der Waals surface area contributed by atoms with Gasteiger partial charge in [-0.2, -0.15) is 13.2 Å². The van der Waals surface area contributed by atoms with Gasteiger partial charge in [0.25, 0.3) is 0 Å². The average molecular weight is 442 g/mol. The second kappa shape index (κ2) is 7.69. The first kappa shape index (κ1) is 21.4. The van der Waals surface area contributed by atoms with Gasteiger partial charge in [-0.3, -0.25) is 9.69 Å². The van der Waals surface area contributed by atoms with Crippen LogP contribution in [0.5, 0.6) is 0 Å². The molecule has 2 atom stereocenters. The van der Waals surface area contributed by atoms with Crippen LogP contribution in [0.1, 0.15) is 64.1 Å². The van der Waals surface area contributed by atoms with Gasteiger partial charge in [-0.05, 0) is 56.4 Å². The quantitative estimate of drug-likeness (QED) is 0.488. The molecule has 2 aromatic rings. The lowest BCUT2D eigenvalue weighted by Gasteiger charge is -2.47. The van der Waals surface area contributed by atoms with Gasteiger partial charge in [0.15, 0.2) is 17.8 Å². The van der Waals surface area contributed by atoms with E-state index in [4.69, 9.17) is 4.74 Å². The highest BCUT2D eigenvalue weighted by molar-refractivity contribution is 7.14. The summed E-state index contributed by atoms with van der Waals surface area (Å²) in [5.74, 6) is -1.35. The molecule has 2 aliphatic rings. The molecule has 1 saturated heterocycles. The summed E-state index contributed by atoms with van der Waals surface area (Å²) in [6.07, 6.45) is -0.620. The first-order valence-corrected chi connectivity index (χ1v) is 10.7. The number of aldehydes is 1. The molecule has 1 fully saturated rings. The van der Waals surface area contributed by atoms with E-state index in [2.05, 4.69) is 9.88 Å². The number of halogens is 4. The van der Waals surface area contributed by atoms with Gasteiger partial charge in [0.2, 0.25) is 0 Å². The number of nitrogens with zero attached hydrogens (tertiary/aromatic N) is 2. The number of likely N-dealkylation sites (tertiary alicyclic amines) is 1. The Balaban J connectivity index is 1.52. The van der Waals surface area contributed by atoms with Crippen molar-refractivity contribution >= 4 is 17.6 Å². The molecule has 1 spiro atoms. The predicted octanol–water partition coefficient (Wildman–Crippen LogP) is 5.13. The molecule has 0 radical (unpaired) electrons. The molecule has 9 heteroatoms. The van der Waals surface area contributed by atoms with Crippen LogP contribution in [0.4, 0.5) is 17.6 Å². The third-order valence-corrected chi connectivity index (χ3v) is 7.35. The first-order chi connectivity index (χ1) is 14.1. The van der Waals surface area contributed by atoms with Gasteiger partial charge in [0.05, 0.1) is 11.0 Å². The summed E-state index contributed by atoms with van der Waals surface area (Å²) in [4.78, 5) is 18.5. The summed E-state index contributed by atoms with van der Waals surface area (Å²) in [5, 5.41) is 0. The van der Waals surface area contributed by atoms with E-state index < -0.39 is 23.3 Å². The van der Waals surface area contributed by atoms with E-state index in [1.807, 2.05) is 19.9 Å². The maximum atomic E-state index is 14.0. The van der Waals surface area contributed by atoms with E-state index in [0.717, 1.165) is 35.4 Å². The van der Waals surface area contributed by atoms with Crippen LogP contribution < -0.4 is 0 Å². The van der Waals surface area contributed by atoms with Crippen LogP contribution in [-0.4, -0.2) is 35.4 Å². The Labute approximate surface area is 175 Å². The molecule has 162 valence electrons. The molecule has 4 heterocycles. The smallest absolute Gasteiger partial charge is 0.366 e. The molecule has 0 N–H and O–H groups in total. The summed E-state index contributed by atoms with van der Waals surface area (Å²) < 4.78 is 58.6. The van der Waals surface area contributed by atoms with Gasteiger partial charge in [-0.1, -0.05) is 0 Å². The number of piperidine rings is 1. The lowest BCUT2D eigenvalue weighted by atomic mass is 9.83. The highest BCUT2D eigenvalue weighted by Gasteiger charge is 2.45. The zero-order valence-corrected chi connectivity index (χ0v) is 17.4. The number of carbonyl (C=O) groups is 1. The molecule has 0 aromatic carbocycles. The van der Waals surface area contributed by atoms with E-state index in [-0.39, 0.29) is 12.1 Å². The van der Waals surface area contributed by atoms with Gasteiger partial charge in [0.1, 0.15) is 5.60 Å². The number of aromatic nitrogens is 1. The van der Waals surface area contributed by atoms with E-state index in [1.54, 1.807) is 0 Å². The zero-order valence-electron chi connectivity index (χ0n) is 16.6. The Hall–Kier alpha value is -1.84. The van der Waals surface area contributed by atoms with Crippen LogP contribution in [0.15, 0.2) is 18.3 Å². The van der Waals surface area contributed by atoms with Gasteiger partial charge >= 0.3 is 6.18 Å². The lowest BCUT2D eigenvalue weighted by Crippen LogP contribution is -2.48. The molecule has 30 heavy (non-hydrogen) atoms.